The van der Waals surface area contributed by atoms with E-state index in [1.807, 2.05) is 13.8 Å². The van der Waals surface area contributed by atoms with E-state index < -0.39 is 6.09 Å². The van der Waals surface area contributed by atoms with Crippen LogP contribution in [-0.4, -0.2) is 29.2 Å². The molecular formula is C20H36N2O3. The van der Waals surface area contributed by atoms with Crippen molar-refractivity contribution in [3.8, 4) is 0 Å². The maximum absolute atomic E-state index is 12.3. The molecule has 144 valence electrons. The van der Waals surface area contributed by atoms with E-state index in [0.717, 1.165) is 56.8 Å². The lowest BCUT2D eigenvalue weighted by atomic mass is 9.75. The monoisotopic (exact) mass is 352 g/mol. The van der Waals surface area contributed by atoms with Crippen LogP contribution in [0.15, 0.2) is 0 Å². The average molecular weight is 353 g/mol. The molecule has 2 fully saturated rings. The summed E-state index contributed by atoms with van der Waals surface area (Å²) in [6.45, 7) is 6.10. The summed E-state index contributed by atoms with van der Waals surface area (Å²) in [6, 6.07) is 0.506. The molecule has 0 aliphatic heterocycles. The zero-order chi connectivity index (χ0) is 18.4. The predicted octanol–water partition coefficient (Wildman–Crippen LogP) is 4.31. The molecule has 0 saturated heterocycles. The number of carboxylic acid groups (broad SMARTS) is 1. The fourth-order valence-corrected chi connectivity index (χ4v) is 4.27. The Morgan fingerprint density at radius 1 is 0.880 bits per heavy atom. The van der Waals surface area contributed by atoms with Crippen LogP contribution >= 0.6 is 0 Å². The Bertz CT molecular complexity index is 448. The van der Waals surface area contributed by atoms with Gasteiger partial charge in [-0.3, -0.25) is 4.79 Å². The highest BCUT2D eigenvalue weighted by Gasteiger charge is 2.31. The fraction of sp³-hybridized carbons (Fsp3) is 0.900. The molecule has 2 rings (SSSR count). The van der Waals surface area contributed by atoms with Gasteiger partial charge >= 0.3 is 6.09 Å². The van der Waals surface area contributed by atoms with E-state index in [9.17, 15) is 9.59 Å². The molecule has 0 aromatic rings. The van der Waals surface area contributed by atoms with Crippen molar-refractivity contribution in [1.29, 1.82) is 0 Å². The summed E-state index contributed by atoms with van der Waals surface area (Å²) in [5.41, 5.74) is -0.264. The van der Waals surface area contributed by atoms with Gasteiger partial charge in [-0.05, 0) is 76.0 Å². The molecule has 0 heterocycles. The van der Waals surface area contributed by atoms with Gasteiger partial charge in [-0.2, -0.15) is 0 Å². The van der Waals surface area contributed by atoms with Crippen molar-refractivity contribution in [3.63, 3.8) is 0 Å². The van der Waals surface area contributed by atoms with Crippen LogP contribution in [0.2, 0.25) is 0 Å². The van der Waals surface area contributed by atoms with Crippen molar-refractivity contribution in [3.05, 3.63) is 0 Å². The van der Waals surface area contributed by atoms with Gasteiger partial charge in [0, 0.05) is 17.5 Å². The molecule has 0 spiro atoms. The lowest BCUT2D eigenvalue weighted by Crippen LogP contribution is -2.44. The highest BCUT2D eigenvalue weighted by molar-refractivity contribution is 5.81. The Hall–Kier alpha value is -1.26. The van der Waals surface area contributed by atoms with Crippen molar-refractivity contribution >= 4 is 12.0 Å². The smallest absolute Gasteiger partial charge is 0.404 e. The standard InChI is InChI=1S/C20H36N2O3/c1-4-20(2,3)18(23)21-16-9-5-14(6-10-16)13-15-7-11-17(12-8-15)22-19(24)25/h14-17,22H,4-13H2,1-3H3,(H,21,23)(H,24,25). The Kier molecular flexibility index (Phi) is 7.14. The topological polar surface area (TPSA) is 78.4 Å². The SMILES string of the molecule is CCC(C)(C)C(=O)NC1CCC(CC2CCC(NC(=O)O)CC2)CC1. The zero-order valence-electron chi connectivity index (χ0n) is 16.1. The molecule has 3 N–H and O–H groups in total. The van der Waals surface area contributed by atoms with E-state index in [4.69, 9.17) is 5.11 Å². The van der Waals surface area contributed by atoms with Gasteiger partial charge in [0.1, 0.15) is 0 Å². The molecule has 5 nitrogen and oxygen atoms in total. The molecule has 0 aromatic heterocycles. The second kappa shape index (κ2) is 8.91. The van der Waals surface area contributed by atoms with Crippen molar-refractivity contribution < 1.29 is 14.7 Å². The van der Waals surface area contributed by atoms with Gasteiger partial charge in [0.05, 0.1) is 0 Å². The predicted molar refractivity (Wildman–Crippen MR) is 99.5 cm³/mol. The molecule has 2 aliphatic rings. The highest BCUT2D eigenvalue weighted by atomic mass is 16.4. The Labute approximate surface area is 152 Å². The summed E-state index contributed by atoms with van der Waals surface area (Å²) in [6.07, 6.45) is 10.1. The fourth-order valence-electron chi connectivity index (χ4n) is 4.27. The summed E-state index contributed by atoms with van der Waals surface area (Å²) in [7, 11) is 0. The normalized spacial score (nSPS) is 30.5. The minimum atomic E-state index is -0.893. The van der Waals surface area contributed by atoms with Crippen LogP contribution in [0.1, 0.15) is 85.0 Å². The first kappa shape index (κ1) is 20.1. The minimum absolute atomic E-state index is 0.154. The van der Waals surface area contributed by atoms with Crippen LogP contribution in [0.5, 0.6) is 0 Å². The number of nitrogens with one attached hydrogen (secondary N) is 2. The van der Waals surface area contributed by atoms with Crippen molar-refractivity contribution in [1.82, 2.24) is 10.6 Å². The van der Waals surface area contributed by atoms with E-state index >= 15 is 0 Å². The lowest BCUT2D eigenvalue weighted by molar-refractivity contribution is -0.130. The van der Waals surface area contributed by atoms with E-state index in [-0.39, 0.29) is 17.4 Å². The minimum Gasteiger partial charge on any atom is -0.465 e. The van der Waals surface area contributed by atoms with Gasteiger partial charge in [-0.15, -0.1) is 0 Å². The largest absolute Gasteiger partial charge is 0.465 e. The second-order valence-corrected chi connectivity index (χ2v) is 8.83. The summed E-state index contributed by atoms with van der Waals surface area (Å²) < 4.78 is 0. The van der Waals surface area contributed by atoms with Crippen molar-refractivity contribution in [2.75, 3.05) is 0 Å². The number of carbonyl (C=O) groups excluding carboxylic acids is 1. The highest BCUT2D eigenvalue weighted by Crippen LogP contribution is 2.35. The zero-order valence-corrected chi connectivity index (χ0v) is 16.1. The molecule has 0 aromatic carbocycles. The second-order valence-electron chi connectivity index (χ2n) is 8.83. The number of carbonyl (C=O) groups is 2. The van der Waals surface area contributed by atoms with Gasteiger partial charge in [0.2, 0.25) is 5.91 Å². The van der Waals surface area contributed by atoms with Crippen LogP contribution in [0.3, 0.4) is 0 Å². The Balaban J connectivity index is 1.66. The third-order valence-electron chi connectivity index (χ3n) is 6.52. The maximum Gasteiger partial charge on any atom is 0.404 e. The van der Waals surface area contributed by atoms with Crippen LogP contribution < -0.4 is 10.6 Å². The first-order valence-electron chi connectivity index (χ1n) is 10.1. The Morgan fingerprint density at radius 2 is 1.32 bits per heavy atom. The molecule has 0 bridgehead atoms. The Morgan fingerprint density at radius 3 is 1.72 bits per heavy atom. The molecule has 2 saturated carbocycles. The first-order valence-corrected chi connectivity index (χ1v) is 10.1. The van der Waals surface area contributed by atoms with Crippen molar-refractivity contribution in [2.45, 2.75) is 97.1 Å². The molecule has 5 heteroatoms. The van der Waals surface area contributed by atoms with Crippen LogP contribution in [-0.2, 0) is 4.79 Å². The van der Waals surface area contributed by atoms with Gasteiger partial charge < -0.3 is 15.7 Å². The molecule has 0 radical (unpaired) electrons. The van der Waals surface area contributed by atoms with E-state index in [1.54, 1.807) is 0 Å². The molecule has 2 aliphatic carbocycles. The number of hydrogen-bond acceptors (Lipinski definition) is 2. The average Bonchev–Trinajstić information content (AvgIpc) is 2.58. The number of amides is 2. The van der Waals surface area contributed by atoms with Crippen molar-refractivity contribution in [2.24, 2.45) is 17.3 Å². The van der Waals surface area contributed by atoms with E-state index in [0.29, 0.717) is 6.04 Å². The summed E-state index contributed by atoms with van der Waals surface area (Å²) >= 11 is 0. The van der Waals surface area contributed by atoms with Crippen LogP contribution in [0.25, 0.3) is 0 Å². The quantitative estimate of drug-likeness (QED) is 0.666. The lowest BCUT2D eigenvalue weighted by Gasteiger charge is -2.35. The van der Waals surface area contributed by atoms with Gasteiger partial charge in [0.15, 0.2) is 0 Å². The maximum atomic E-state index is 12.3. The number of hydrogen-bond donors (Lipinski definition) is 3. The van der Waals surface area contributed by atoms with Gasteiger partial charge in [0.25, 0.3) is 0 Å². The third kappa shape index (κ3) is 6.19. The summed E-state index contributed by atoms with van der Waals surface area (Å²) in [5, 5.41) is 14.7. The number of rotatable bonds is 6. The first-order chi connectivity index (χ1) is 11.8. The van der Waals surface area contributed by atoms with E-state index in [1.165, 1.54) is 19.3 Å². The van der Waals surface area contributed by atoms with E-state index in [2.05, 4.69) is 17.6 Å². The summed E-state index contributed by atoms with van der Waals surface area (Å²) in [4.78, 5) is 23.0. The van der Waals surface area contributed by atoms with Crippen LogP contribution in [0.4, 0.5) is 4.79 Å². The molecule has 25 heavy (non-hydrogen) atoms. The molecule has 0 atom stereocenters. The van der Waals surface area contributed by atoms with Gasteiger partial charge in [-0.1, -0.05) is 20.8 Å². The van der Waals surface area contributed by atoms with Crippen LogP contribution in [0, 0.1) is 17.3 Å². The van der Waals surface area contributed by atoms with Gasteiger partial charge in [-0.25, -0.2) is 4.79 Å². The third-order valence-corrected chi connectivity index (χ3v) is 6.52. The molecular weight excluding hydrogens is 316 g/mol. The molecule has 2 amide bonds. The summed E-state index contributed by atoms with van der Waals surface area (Å²) in [5.74, 6) is 1.73. The molecule has 0 unspecified atom stereocenters.